The minimum atomic E-state index is -0.214. The van der Waals surface area contributed by atoms with Crippen molar-refractivity contribution in [3.8, 4) is 0 Å². The molecule has 0 atom stereocenters. The van der Waals surface area contributed by atoms with Gasteiger partial charge in [0.1, 0.15) is 0 Å². The number of primary amides is 1. The first-order chi connectivity index (χ1) is 9.74. The number of amides is 1. The summed E-state index contributed by atoms with van der Waals surface area (Å²) in [5.74, 6) is 0.515. The van der Waals surface area contributed by atoms with Gasteiger partial charge in [0.05, 0.1) is 0 Å². The molecule has 0 aromatic heterocycles. The van der Waals surface area contributed by atoms with Crippen LogP contribution < -0.4 is 11.1 Å². The standard InChI is InChI=1S/C16H25N3O/c17-16(20)8-11-19(12-14-4-2-1-3-5-14)13-15-6-9-18-10-7-15/h1-5,15,18H,6-13H2,(H2,17,20). The van der Waals surface area contributed by atoms with Crippen LogP contribution in [0.5, 0.6) is 0 Å². The molecule has 4 nitrogen and oxygen atoms in total. The van der Waals surface area contributed by atoms with E-state index in [1.54, 1.807) is 0 Å². The summed E-state index contributed by atoms with van der Waals surface area (Å²) in [5, 5.41) is 3.40. The Kier molecular flexibility index (Phi) is 6.02. The van der Waals surface area contributed by atoms with Crippen molar-refractivity contribution in [1.29, 1.82) is 0 Å². The molecular weight excluding hydrogens is 250 g/mol. The Morgan fingerprint density at radius 3 is 2.60 bits per heavy atom. The van der Waals surface area contributed by atoms with E-state index in [2.05, 4.69) is 34.5 Å². The van der Waals surface area contributed by atoms with Gasteiger partial charge in [0.25, 0.3) is 0 Å². The van der Waals surface area contributed by atoms with Crippen LogP contribution in [-0.2, 0) is 11.3 Å². The van der Waals surface area contributed by atoms with Crippen LogP contribution in [0.4, 0.5) is 0 Å². The summed E-state index contributed by atoms with van der Waals surface area (Å²) in [5.41, 5.74) is 6.59. The van der Waals surface area contributed by atoms with Crippen molar-refractivity contribution in [3.63, 3.8) is 0 Å². The van der Waals surface area contributed by atoms with Crippen LogP contribution in [0.2, 0.25) is 0 Å². The second-order valence-electron chi connectivity index (χ2n) is 5.63. The number of rotatable bonds is 7. The Bertz CT molecular complexity index is 401. The molecule has 1 heterocycles. The molecule has 0 aliphatic carbocycles. The highest BCUT2D eigenvalue weighted by atomic mass is 16.1. The highest BCUT2D eigenvalue weighted by Crippen LogP contribution is 2.15. The molecule has 1 aromatic carbocycles. The number of carbonyl (C=O) groups is 1. The maximum absolute atomic E-state index is 11.0. The fourth-order valence-electron chi connectivity index (χ4n) is 2.77. The molecule has 0 bridgehead atoms. The zero-order chi connectivity index (χ0) is 14.2. The fourth-order valence-corrected chi connectivity index (χ4v) is 2.77. The van der Waals surface area contributed by atoms with Crippen molar-refractivity contribution < 1.29 is 4.79 Å². The van der Waals surface area contributed by atoms with E-state index in [4.69, 9.17) is 5.73 Å². The molecule has 20 heavy (non-hydrogen) atoms. The summed E-state index contributed by atoms with van der Waals surface area (Å²) in [6.07, 6.45) is 2.89. The molecule has 0 spiro atoms. The molecule has 3 N–H and O–H groups in total. The predicted octanol–water partition coefficient (Wildman–Crippen LogP) is 1.36. The number of nitrogens with zero attached hydrogens (tertiary/aromatic N) is 1. The Morgan fingerprint density at radius 2 is 1.95 bits per heavy atom. The monoisotopic (exact) mass is 275 g/mol. The maximum Gasteiger partial charge on any atom is 0.218 e. The van der Waals surface area contributed by atoms with Crippen molar-refractivity contribution in [2.45, 2.75) is 25.8 Å². The largest absolute Gasteiger partial charge is 0.370 e. The van der Waals surface area contributed by atoms with Gasteiger partial charge in [-0.3, -0.25) is 9.69 Å². The SMILES string of the molecule is NC(=O)CCN(Cc1ccccc1)CC1CCNCC1. The molecule has 0 unspecified atom stereocenters. The average molecular weight is 275 g/mol. The lowest BCUT2D eigenvalue weighted by Crippen LogP contribution is -2.37. The van der Waals surface area contributed by atoms with Crippen LogP contribution in [0.15, 0.2) is 30.3 Å². The van der Waals surface area contributed by atoms with Gasteiger partial charge < -0.3 is 11.1 Å². The Hall–Kier alpha value is -1.39. The number of carbonyl (C=O) groups excluding carboxylic acids is 1. The van der Waals surface area contributed by atoms with Gasteiger partial charge in [-0.2, -0.15) is 0 Å². The summed E-state index contributed by atoms with van der Waals surface area (Å²) in [4.78, 5) is 13.4. The number of hydrogen-bond donors (Lipinski definition) is 2. The van der Waals surface area contributed by atoms with Gasteiger partial charge in [-0.25, -0.2) is 0 Å². The van der Waals surface area contributed by atoms with Crippen LogP contribution in [0.1, 0.15) is 24.8 Å². The minimum absolute atomic E-state index is 0.214. The summed E-state index contributed by atoms with van der Waals surface area (Å²) in [6, 6.07) is 10.4. The lowest BCUT2D eigenvalue weighted by atomic mass is 9.97. The van der Waals surface area contributed by atoms with Crippen molar-refractivity contribution >= 4 is 5.91 Å². The summed E-state index contributed by atoms with van der Waals surface area (Å²) in [7, 11) is 0. The molecule has 2 rings (SSSR count). The van der Waals surface area contributed by atoms with Gasteiger partial charge >= 0.3 is 0 Å². The second-order valence-corrected chi connectivity index (χ2v) is 5.63. The van der Waals surface area contributed by atoms with Crippen LogP contribution >= 0.6 is 0 Å². The van der Waals surface area contributed by atoms with Crippen molar-refractivity contribution in [1.82, 2.24) is 10.2 Å². The molecule has 1 fully saturated rings. The first-order valence-corrected chi connectivity index (χ1v) is 7.49. The van der Waals surface area contributed by atoms with E-state index >= 15 is 0 Å². The van der Waals surface area contributed by atoms with E-state index in [-0.39, 0.29) is 5.91 Å². The van der Waals surface area contributed by atoms with E-state index in [1.165, 1.54) is 18.4 Å². The first kappa shape index (κ1) is 15.0. The Morgan fingerprint density at radius 1 is 1.25 bits per heavy atom. The molecule has 1 aromatic rings. The average Bonchev–Trinajstić information content (AvgIpc) is 2.47. The number of hydrogen-bond acceptors (Lipinski definition) is 3. The second kappa shape index (κ2) is 8.02. The molecule has 1 amide bonds. The highest BCUT2D eigenvalue weighted by Gasteiger charge is 2.17. The fraction of sp³-hybridized carbons (Fsp3) is 0.562. The lowest BCUT2D eigenvalue weighted by Gasteiger charge is -2.30. The molecule has 0 radical (unpaired) electrons. The third-order valence-corrected chi connectivity index (χ3v) is 3.90. The number of nitrogens with two attached hydrogens (primary N) is 1. The Labute approximate surface area is 121 Å². The van der Waals surface area contributed by atoms with Crippen LogP contribution in [0, 0.1) is 5.92 Å². The predicted molar refractivity (Wildman–Crippen MR) is 81.1 cm³/mol. The molecular formula is C16H25N3O. The Balaban J connectivity index is 1.90. The minimum Gasteiger partial charge on any atom is -0.370 e. The lowest BCUT2D eigenvalue weighted by molar-refractivity contribution is -0.118. The molecule has 1 saturated heterocycles. The van der Waals surface area contributed by atoms with Crippen LogP contribution in [-0.4, -0.2) is 37.0 Å². The zero-order valence-corrected chi connectivity index (χ0v) is 12.1. The van der Waals surface area contributed by atoms with E-state index in [9.17, 15) is 4.79 Å². The zero-order valence-electron chi connectivity index (χ0n) is 12.1. The normalized spacial score (nSPS) is 16.4. The molecule has 0 saturated carbocycles. The van der Waals surface area contributed by atoms with Gasteiger partial charge in [0.15, 0.2) is 0 Å². The number of piperidine rings is 1. The van der Waals surface area contributed by atoms with E-state index in [1.807, 2.05) is 6.07 Å². The summed E-state index contributed by atoms with van der Waals surface area (Å²) in [6.45, 7) is 4.94. The van der Waals surface area contributed by atoms with Gasteiger partial charge in [-0.1, -0.05) is 30.3 Å². The van der Waals surface area contributed by atoms with Crippen molar-refractivity contribution in [3.05, 3.63) is 35.9 Å². The van der Waals surface area contributed by atoms with Crippen molar-refractivity contribution in [2.24, 2.45) is 11.7 Å². The van der Waals surface area contributed by atoms with E-state index in [0.29, 0.717) is 6.42 Å². The van der Waals surface area contributed by atoms with Gasteiger partial charge in [0, 0.05) is 26.1 Å². The topological polar surface area (TPSA) is 58.4 Å². The molecule has 1 aliphatic rings. The van der Waals surface area contributed by atoms with Gasteiger partial charge in [0.2, 0.25) is 5.91 Å². The van der Waals surface area contributed by atoms with Gasteiger partial charge in [-0.05, 0) is 37.4 Å². The van der Waals surface area contributed by atoms with Crippen LogP contribution in [0.3, 0.4) is 0 Å². The quantitative estimate of drug-likeness (QED) is 0.790. The number of nitrogens with one attached hydrogen (secondary N) is 1. The third kappa shape index (κ3) is 5.31. The van der Waals surface area contributed by atoms with E-state index < -0.39 is 0 Å². The van der Waals surface area contributed by atoms with E-state index in [0.717, 1.165) is 38.6 Å². The third-order valence-electron chi connectivity index (χ3n) is 3.90. The molecule has 4 heteroatoms. The summed E-state index contributed by atoms with van der Waals surface area (Å²) >= 11 is 0. The van der Waals surface area contributed by atoms with Crippen LogP contribution in [0.25, 0.3) is 0 Å². The summed E-state index contributed by atoms with van der Waals surface area (Å²) < 4.78 is 0. The molecule has 110 valence electrons. The maximum atomic E-state index is 11.0. The highest BCUT2D eigenvalue weighted by molar-refractivity contribution is 5.73. The number of benzene rings is 1. The van der Waals surface area contributed by atoms with Gasteiger partial charge in [-0.15, -0.1) is 0 Å². The first-order valence-electron chi connectivity index (χ1n) is 7.49. The van der Waals surface area contributed by atoms with Crippen molar-refractivity contribution in [2.75, 3.05) is 26.2 Å². The smallest absolute Gasteiger partial charge is 0.218 e. The molecule has 1 aliphatic heterocycles.